The Morgan fingerprint density at radius 3 is 2.20 bits per heavy atom. The van der Waals surface area contributed by atoms with E-state index in [0.29, 0.717) is 25.9 Å². The van der Waals surface area contributed by atoms with Crippen LogP contribution < -0.4 is 10.6 Å². The average Bonchev–Trinajstić information content (AvgIpc) is 3.68. The van der Waals surface area contributed by atoms with Gasteiger partial charge in [-0.2, -0.15) is 0 Å². The van der Waals surface area contributed by atoms with E-state index in [0.717, 1.165) is 16.0 Å². The van der Waals surface area contributed by atoms with E-state index in [-0.39, 0.29) is 23.0 Å². The summed E-state index contributed by atoms with van der Waals surface area (Å²) in [6.45, 7) is 5.46. The van der Waals surface area contributed by atoms with Gasteiger partial charge in [0.2, 0.25) is 0 Å². The number of carbonyl (C=O) groups is 2. The van der Waals surface area contributed by atoms with Crippen molar-refractivity contribution in [2.45, 2.75) is 37.3 Å². The van der Waals surface area contributed by atoms with Crippen molar-refractivity contribution in [1.29, 1.82) is 0 Å². The van der Waals surface area contributed by atoms with Crippen LogP contribution in [0.2, 0.25) is 0 Å². The lowest BCUT2D eigenvalue weighted by Gasteiger charge is -2.23. The number of thiophene rings is 1. The topological polar surface area (TPSA) is 119 Å². The molecule has 0 aliphatic heterocycles. The van der Waals surface area contributed by atoms with E-state index in [1.54, 1.807) is 69.6 Å². The van der Waals surface area contributed by atoms with Crippen molar-refractivity contribution in [2.75, 3.05) is 6.54 Å². The van der Waals surface area contributed by atoms with E-state index in [4.69, 9.17) is 4.74 Å². The van der Waals surface area contributed by atoms with E-state index in [1.165, 1.54) is 15.3 Å². The lowest BCUT2D eigenvalue weighted by molar-refractivity contribution is 0.0520. The van der Waals surface area contributed by atoms with Gasteiger partial charge in [0.15, 0.2) is 5.65 Å². The summed E-state index contributed by atoms with van der Waals surface area (Å²) in [5, 5.41) is 6.46. The largest absolute Gasteiger partial charge is 0.444 e. The molecule has 0 aliphatic carbocycles. The third-order valence-electron chi connectivity index (χ3n) is 7.55. The zero-order chi connectivity index (χ0) is 34.8. The van der Waals surface area contributed by atoms with E-state index in [9.17, 15) is 18.0 Å². The van der Waals surface area contributed by atoms with Gasteiger partial charge in [0.1, 0.15) is 5.60 Å². The molecule has 0 radical (unpaired) electrons. The molecule has 2 amide bonds. The molecule has 0 saturated carbocycles. The summed E-state index contributed by atoms with van der Waals surface area (Å²) in [7, 11) is -3.99. The number of rotatable bonds is 9. The first-order valence-electron chi connectivity index (χ1n) is 15.4. The predicted molar refractivity (Wildman–Crippen MR) is 196 cm³/mol. The van der Waals surface area contributed by atoms with Crippen molar-refractivity contribution in [3.05, 3.63) is 130 Å². The first-order valence-corrected chi connectivity index (χ1v) is 18.5. The van der Waals surface area contributed by atoms with Crippen LogP contribution in [0.3, 0.4) is 0 Å². The number of carbonyl (C=O) groups excluding carboxylic acids is 2. The van der Waals surface area contributed by atoms with Crippen molar-refractivity contribution < 1.29 is 22.7 Å². The minimum atomic E-state index is -3.99. The molecule has 3 aromatic heterocycles. The molecule has 3 heterocycles. The van der Waals surface area contributed by atoms with Gasteiger partial charge >= 0.3 is 6.09 Å². The molecule has 6 aromatic rings. The normalized spacial score (nSPS) is 12.4. The number of amides is 2. The van der Waals surface area contributed by atoms with Gasteiger partial charge < -0.3 is 15.4 Å². The number of aromatic nitrogens is 2. The van der Waals surface area contributed by atoms with Gasteiger partial charge in [-0.3, -0.25) is 4.79 Å². The maximum absolute atomic E-state index is 13.9. The van der Waals surface area contributed by atoms with Crippen molar-refractivity contribution in [3.63, 3.8) is 0 Å². The molecule has 0 aliphatic rings. The van der Waals surface area contributed by atoms with Crippen LogP contribution in [0.25, 0.3) is 32.6 Å². The van der Waals surface area contributed by atoms with Crippen molar-refractivity contribution in [1.82, 2.24) is 19.6 Å². The van der Waals surface area contributed by atoms with E-state index in [2.05, 4.69) is 31.5 Å². The zero-order valence-electron chi connectivity index (χ0n) is 26.9. The second kappa shape index (κ2) is 14.0. The lowest BCUT2D eigenvalue weighted by atomic mass is 10.0. The van der Waals surface area contributed by atoms with Crippen LogP contribution in [0.1, 0.15) is 42.0 Å². The van der Waals surface area contributed by atoms with Crippen molar-refractivity contribution in [2.24, 2.45) is 0 Å². The Bertz CT molecular complexity index is 2230. The fourth-order valence-electron chi connectivity index (χ4n) is 5.37. The number of hydrogen-bond donors (Lipinski definition) is 2. The molecule has 2 N–H and O–H groups in total. The van der Waals surface area contributed by atoms with Crippen LogP contribution in [-0.2, 0) is 14.8 Å². The van der Waals surface area contributed by atoms with Gasteiger partial charge in [-0.05, 0) is 72.1 Å². The van der Waals surface area contributed by atoms with Gasteiger partial charge in [-0.15, -0.1) is 11.3 Å². The van der Waals surface area contributed by atoms with Crippen molar-refractivity contribution in [3.8, 4) is 21.6 Å². The van der Waals surface area contributed by atoms with Crippen molar-refractivity contribution >= 4 is 60.3 Å². The maximum atomic E-state index is 13.9. The van der Waals surface area contributed by atoms with Crippen LogP contribution in [-0.4, -0.2) is 41.5 Å². The Morgan fingerprint density at radius 1 is 0.918 bits per heavy atom. The highest BCUT2D eigenvalue weighted by atomic mass is 79.9. The van der Waals surface area contributed by atoms with Gasteiger partial charge in [0.25, 0.3) is 15.9 Å². The second-order valence-electron chi connectivity index (χ2n) is 12.2. The van der Waals surface area contributed by atoms with Gasteiger partial charge in [-0.25, -0.2) is 22.2 Å². The number of nitrogens with zero attached hydrogens (tertiary/aromatic N) is 2. The Hall–Kier alpha value is -4.78. The number of alkyl carbamates (subject to hydrolysis) is 1. The molecule has 0 fully saturated rings. The Kier molecular flexibility index (Phi) is 9.73. The first kappa shape index (κ1) is 34.1. The summed E-state index contributed by atoms with van der Waals surface area (Å²) in [6.07, 6.45) is 2.60. The summed E-state index contributed by atoms with van der Waals surface area (Å²) in [5.74, 6) is -0.338. The number of ether oxygens (including phenoxy) is 1. The molecule has 0 bridgehead atoms. The standard InChI is InChI=1S/C37H33BrN4O5S2/c1-37(2,3)47-36(44)40-22-30(25-15-9-5-10-16-25)41-35(43)31-21-29(38)33(48-31)27-19-20-39-34-32(27)28(24-13-7-4-8-14-24)23-42(34)49(45,46)26-17-11-6-12-18-26/h4-21,23,30H,22H2,1-3H3,(H,40,44)(H,41,43). The lowest BCUT2D eigenvalue weighted by Crippen LogP contribution is -2.40. The Labute approximate surface area is 297 Å². The average molecular weight is 758 g/mol. The summed E-state index contributed by atoms with van der Waals surface area (Å²) in [5.41, 5.74) is 2.63. The molecule has 6 rings (SSSR count). The fraction of sp³-hybridized carbons (Fsp3) is 0.162. The van der Waals surface area contributed by atoms with Crippen LogP contribution in [0.5, 0.6) is 0 Å². The molecular weight excluding hydrogens is 724 g/mol. The van der Waals surface area contributed by atoms with Crippen LogP contribution in [0.4, 0.5) is 4.79 Å². The predicted octanol–water partition coefficient (Wildman–Crippen LogP) is 8.43. The third-order valence-corrected chi connectivity index (χ3v) is 11.3. The summed E-state index contributed by atoms with van der Waals surface area (Å²) < 4.78 is 35.1. The number of hydrogen-bond acceptors (Lipinski definition) is 7. The molecule has 12 heteroatoms. The van der Waals surface area contributed by atoms with Gasteiger partial charge in [0, 0.05) is 39.9 Å². The molecule has 250 valence electrons. The molecule has 0 saturated heterocycles. The monoisotopic (exact) mass is 756 g/mol. The highest BCUT2D eigenvalue weighted by Gasteiger charge is 2.27. The van der Waals surface area contributed by atoms with Crippen LogP contribution in [0.15, 0.2) is 125 Å². The van der Waals surface area contributed by atoms with Gasteiger partial charge in [-0.1, -0.05) is 78.9 Å². The van der Waals surface area contributed by atoms with Crippen LogP contribution >= 0.6 is 27.3 Å². The highest BCUT2D eigenvalue weighted by Crippen LogP contribution is 2.44. The maximum Gasteiger partial charge on any atom is 0.407 e. The smallest absolute Gasteiger partial charge is 0.407 e. The zero-order valence-corrected chi connectivity index (χ0v) is 30.1. The minimum Gasteiger partial charge on any atom is -0.444 e. The molecule has 1 atom stereocenters. The fourth-order valence-corrected chi connectivity index (χ4v) is 8.53. The first-order chi connectivity index (χ1) is 23.4. The molecule has 0 spiro atoms. The highest BCUT2D eigenvalue weighted by molar-refractivity contribution is 9.10. The second-order valence-corrected chi connectivity index (χ2v) is 15.9. The number of halogens is 1. The quantitative estimate of drug-likeness (QED) is 0.153. The minimum absolute atomic E-state index is 0.110. The van der Waals surface area contributed by atoms with E-state index < -0.39 is 27.8 Å². The SMILES string of the molecule is CC(C)(C)OC(=O)NCC(NC(=O)c1cc(Br)c(-c2ccnc3c2c(-c2ccccc2)cn3S(=O)(=O)c2ccccc2)s1)c1ccccc1. The molecule has 49 heavy (non-hydrogen) atoms. The Morgan fingerprint density at radius 2 is 1.55 bits per heavy atom. The molecule has 3 aromatic carbocycles. The molecule has 1 unspecified atom stereocenters. The number of pyridine rings is 1. The van der Waals surface area contributed by atoms with E-state index >= 15 is 0 Å². The number of fused-ring (bicyclic) bond motifs is 1. The summed E-state index contributed by atoms with van der Waals surface area (Å²) in [6, 6.07) is 30.2. The van der Waals surface area contributed by atoms with Gasteiger partial charge in [0.05, 0.1) is 20.7 Å². The third kappa shape index (κ3) is 7.46. The van der Waals surface area contributed by atoms with E-state index in [1.807, 2.05) is 66.7 Å². The number of nitrogens with one attached hydrogen (secondary N) is 2. The summed E-state index contributed by atoms with van der Waals surface area (Å²) in [4.78, 5) is 32.1. The molecule has 9 nitrogen and oxygen atoms in total. The molecular formula is C37H33BrN4O5S2. The Balaban J connectivity index is 1.39. The number of benzene rings is 3. The summed E-state index contributed by atoms with van der Waals surface area (Å²) >= 11 is 4.94. The van der Waals surface area contributed by atoms with Crippen LogP contribution in [0, 0.1) is 0 Å².